The molecule has 4 atom stereocenters. The van der Waals surface area contributed by atoms with Gasteiger partial charge in [0.1, 0.15) is 11.5 Å². The van der Waals surface area contributed by atoms with Gasteiger partial charge in [0.2, 0.25) is 0 Å². The number of unbranched alkanes of at least 4 members (excludes halogenated alkanes) is 2. The molecule has 0 bridgehead atoms. The molecular formula is C32H36O6. The van der Waals surface area contributed by atoms with Crippen molar-refractivity contribution in [2.24, 2.45) is 11.8 Å². The van der Waals surface area contributed by atoms with Gasteiger partial charge in [0.15, 0.2) is 5.78 Å². The van der Waals surface area contributed by atoms with Crippen LogP contribution in [0, 0.1) is 11.8 Å². The number of benzene rings is 2. The zero-order valence-corrected chi connectivity index (χ0v) is 22.2. The van der Waals surface area contributed by atoms with Crippen LogP contribution in [-0.2, 0) is 19.1 Å². The molecule has 1 aliphatic heterocycles. The Morgan fingerprint density at radius 2 is 1.32 bits per heavy atom. The molecular weight excluding hydrogens is 480 g/mol. The number of Topliss-reactive ketones (excluding diaryl/α,β-unsaturated/α-hetero) is 1. The maximum Gasteiger partial charge on any atom is 0.322 e. The Labute approximate surface area is 224 Å². The van der Waals surface area contributed by atoms with Crippen LogP contribution in [0.5, 0.6) is 11.5 Å². The third kappa shape index (κ3) is 5.27. The summed E-state index contributed by atoms with van der Waals surface area (Å²) in [5.41, 5.74) is 3.56. The predicted octanol–water partition coefficient (Wildman–Crippen LogP) is 6.29. The molecule has 0 amide bonds. The molecule has 0 N–H and O–H groups in total. The highest BCUT2D eigenvalue weighted by Gasteiger charge is 2.56. The third-order valence-electron chi connectivity index (χ3n) is 8.10. The molecule has 0 radical (unpaired) electrons. The average molecular weight is 517 g/mol. The fourth-order valence-corrected chi connectivity index (χ4v) is 6.07. The van der Waals surface area contributed by atoms with Crippen molar-refractivity contribution in [3.8, 4) is 11.5 Å². The highest BCUT2D eigenvalue weighted by Crippen LogP contribution is 2.53. The van der Waals surface area contributed by atoms with Crippen molar-refractivity contribution in [3.05, 3.63) is 70.8 Å². The van der Waals surface area contributed by atoms with Gasteiger partial charge in [0.05, 0.1) is 25.0 Å². The number of ketones is 1. The fraction of sp³-hybridized carbons (Fsp3) is 0.469. The largest absolute Gasteiger partial charge is 0.494 e. The van der Waals surface area contributed by atoms with Crippen LogP contribution in [0.1, 0.15) is 81.8 Å². The number of ether oxygens (including phenoxy) is 3. The summed E-state index contributed by atoms with van der Waals surface area (Å²) >= 11 is 0. The van der Waals surface area contributed by atoms with E-state index >= 15 is 0 Å². The van der Waals surface area contributed by atoms with Crippen LogP contribution < -0.4 is 9.47 Å². The van der Waals surface area contributed by atoms with Gasteiger partial charge in [-0.2, -0.15) is 0 Å². The Hall–Kier alpha value is -3.41. The highest BCUT2D eigenvalue weighted by atomic mass is 16.6. The number of allylic oxidation sites excluding steroid dienone is 1. The zero-order valence-electron chi connectivity index (χ0n) is 22.2. The highest BCUT2D eigenvalue weighted by molar-refractivity contribution is 6.09. The summed E-state index contributed by atoms with van der Waals surface area (Å²) in [7, 11) is 0. The zero-order chi connectivity index (χ0) is 26.6. The first-order valence-electron chi connectivity index (χ1n) is 14.0. The number of hydrogen-bond donors (Lipinski definition) is 0. The summed E-state index contributed by atoms with van der Waals surface area (Å²) in [6.07, 6.45) is 5.73. The van der Waals surface area contributed by atoms with Crippen molar-refractivity contribution in [3.63, 3.8) is 0 Å². The first-order valence-corrected chi connectivity index (χ1v) is 14.0. The van der Waals surface area contributed by atoms with Crippen molar-refractivity contribution < 1.29 is 28.6 Å². The Balaban J connectivity index is 1.39. The Kier molecular flexibility index (Phi) is 7.96. The van der Waals surface area contributed by atoms with Crippen LogP contribution in [0.3, 0.4) is 0 Å². The second kappa shape index (κ2) is 11.5. The minimum Gasteiger partial charge on any atom is -0.494 e. The monoisotopic (exact) mass is 516 g/mol. The van der Waals surface area contributed by atoms with E-state index in [-0.39, 0.29) is 17.6 Å². The molecule has 0 aromatic heterocycles. The molecule has 38 heavy (non-hydrogen) atoms. The number of fused-ring (bicyclic) bond motifs is 2. The van der Waals surface area contributed by atoms with Gasteiger partial charge in [-0.1, -0.05) is 56.5 Å². The number of hydrogen-bond acceptors (Lipinski definition) is 6. The molecule has 2 aliphatic carbocycles. The van der Waals surface area contributed by atoms with Crippen molar-refractivity contribution in [2.45, 2.75) is 70.6 Å². The molecule has 1 fully saturated rings. The van der Waals surface area contributed by atoms with Crippen molar-refractivity contribution in [1.29, 1.82) is 0 Å². The topological polar surface area (TPSA) is 78.9 Å². The van der Waals surface area contributed by atoms with E-state index in [2.05, 4.69) is 13.8 Å². The summed E-state index contributed by atoms with van der Waals surface area (Å²) in [6.45, 7) is 5.61. The summed E-state index contributed by atoms with van der Waals surface area (Å²) in [5.74, 6) is -1.18. The molecule has 200 valence electrons. The number of carbonyl (C=O) groups is 3. The molecule has 2 aromatic rings. The second-order valence-electron chi connectivity index (χ2n) is 10.6. The maximum absolute atomic E-state index is 13.4. The molecule has 3 aliphatic rings. The lowest BCUT2D eigenvalue weighted by Crippen LogP contribution is -2.37. The average Bonchev–Trinajstić information content (AvgIpc) is 3.22. The quantitative estimate of drug-likeness (QED) is 0.210. The van der Waals surface area contributed by atoms with Gasteiger partial charge in [0, 0.05) is 17.9 Å². The molecule has 1 saturated heterocycles. The van der Waals surface area contributed by atoms with E-state index < -0.39 is 23.8 Å². The van der Waals surface area contributed by atoms with E-state index in [0.717, 1.165) is 53.9 Å². The molecule has 0 spiro atoms. The van der Waals surface area contributed by atoms with Crippen LogP contribution in [0.4, 0.5) is 0 Å². The minimum absolute atomic E-state index is 0.0330. The van der Waals surface area contributed by atoms with Crippen molar-refractivity contribution in [2.75, 3.05) is 13.2 Å². The van der Waals surface area contributed by atoms with E-state index in [1.165, 1.54) is 0 Å². The van der Waals surface area contributed by atoms with Crippen LogP contribution in [-0.4, -0.2) is 30.9 Å². The summed E-state index contributed by atoms with van der Waals surface area (Å²) in [5, 5.41) is 0. The maximum atomic E-state index is 13.4. The van der Waals surface area contributed by atoms with Crippen LogP contribution in [0.25, 0.3) is 0 Å². The second-order valence-corrected chi connectivity index (χ2v) is 10.6. The molecule has 0 unspecified atom stereocenters. The molecule has 1 heterocycles. The molecule has 6 heteroatoms. The van der Waals surface area contributed by atoms with Crippen LogP contribution in [0.2, 0.25) is 0 Å². The SMILES string of the molecule is CCCCOc1ccc([C@@H]2CC(=O)C3=C(C2)C[C@H](c2ccc(OCCCC)cc2)[C@@H]2C(=O)OC(=O)[C@@H]32)cc1. The Morgan fingerprint density at radius 1 is 0.737 bits per heavy atom. The lowest BCUT2D eigenvalue weighted by atomic mass is 9.62. The van der Waals surface area contributed by atoms with Gasteiger partial charge in [0.25, 0.3) is 0 Å². The van der Waals surface area contributed by atoms with Crippen LogP contribution in [0.15, 0.2) is 59.7 Å². The van der Waals surface area contributed by atoms with Crippen molar-refractivity contribution in [1.82, 2.24) is 0 Å². The summed E-state index contributed by atoms with van der Waals surface area (Å²) in [4.78, 5) is 39.1. The molecule has 2 aromatic carbocycles. The van der Waals surface area contributed by atoms with Crippen LogP contribution >= 0.6 is 0 Å². The minimum atomic E-state index is -0.806. The molecule has 5 rings (SSSR count). The van der Waals surface area contributed by atoms with Gasteiger partial charge in [-0.15, -0.1) is 0 Å². The third-order valence-corrected chi connectivity index (χ3v) is 8.10. The standard InChI is InChI=1S/C32H36O6/c1-3-5-15-36-24-11-7-20(8-12-24)22-17-23-18-26(21-9-13-25(14-10-21)37-16-6-4-2)29-30(28(23)27(33)19-22)32(35)38-31(29)34/h7-14,22,26,29-30H,3-6,15-19H2,1-2H3/t22-,26+,29-,30-/m0/s1. The lowest BCUT2D eigenvalue weighted by Gasteiger charge is -2.37. The number of rotatable bonds is 10. The van der Waals surface area contributed by atoms with Crippen molar-refractivity contribution >= 4 is 17.7 Å². The normalized spacial score (nSPS) is 24.6. The predicted molar refractivity (Wildman–Crippen MR) is 143 cm³/mol. The van der Waals surface area contributed by atoms with Gasteiger partial charge >= 0.3 is 11.9 Å². The summed E-state index contributed by atoms with van der Waals surface area (Å²) < 4.78 is 16.7. The van der Waals surface area contributed by atoms with Gasteiger partial charge in [-0.25, -0.2) is 0 Å². The van der Waals surface area contributed by atoms with Gasteiger partial charge in [-0.3, -0.25) is 14.4 Å². The number of esters is 2. The Bertz CT molecular complexity index is 1210. The van der Waals surface area contributed by atoms with E-state index in [1.54, 1.807) is 0 Å². The van der Waals surface area contributed by atoms with E-state index in [4.69, 9.17) is 14.2 Å². The van der Waals surface area contributed by atoms with E-state index in [9.17, 15) is 14.4 Å². The van der Waals surface area contributed by atoms with Gasteiger partial charge < -0.3 is 14.2 Å². The van der Waals surface area contributed by atoms with E-state index in [0.29, 0.717) is 38.0 Å². The first kappa shape index (κ1) is 26.2. The Morgan fingerprint density at radius 3 is 1.89 bits per heavy atom. The lowest BCUT2D eigenvalue weighted by molar-refractivity contribution is -0.153. The van der Waals surface area contributed by atoms with E-state index in [1.807, 2.05) is 48.5 Å². The smallest absolute Gasteiger partial charge is 0.322 e. The number of cyclic esters (lactones) is 2. The molecule has 0 saturated carbocycles. The fourth-order valence-electron chi connectivity index (χ4n) is 6.07. The number of carbonyl (C=O) groups excluding carboxylic acids is 3. The molecule has 6 nitrogen and oxygen atoms in total. The summed E-state index contributed by atoms with van der Waals surface area (Å²) in [6, 6.07) is 15.8. The van der Waals surface area contributed by atoms with Gasteiger partial charge in [-0.05, 0) is 67.0 Å². The first-order chi connectivity index (χ1) is 18.5.